The maximum absolute atomic E-state index is 5.99. The summed E-state index contributed by atoms with van der Waals surface area (Å²) in [6, 6.07) is 13.5. The second-order valence-corrected chi connectivity index (χ2v) is 5.54. The molecule has 1 heterocycles. The molecule has 0 bridgehead atoms. The first-order valence-corrected chi connectivity index (χ1v) is 7.52. The molecule has 0 saturated carbocycles. The molecule has 0 unspecified atom stereocenters. The quantitative estimate of drug-likeness (QED) is 0.711. The van der Waals surface area contributed by atoms with Gasteiger partial charge in [-0.05, 0) is 29.8 Å². The number of hydrogen-bond donors (Lipinski definition) is 0. The molecular weight excluding hydrogens is 312 g/mol. The lowest BCUT2D eigenvalue weighted by atomic mass is 10.0. The standard InChI is InChI=1S/C18H17ClN2O2/c1-21-18(15-9-8-14(22-2)10-17(15)23-3)16(11-20-21)12-4-6-13(19)7-5-12/h4-11H,1-3H3. The monoisotopic (exact) mass is 328 g/mol. The zero-order valence-electron chi connectivity index (χ0n) is 13.2. The number of benzene rings is 2. The molecule has 0 N–H and O–H groups in total. The van der Waals surface area contributed by atoms with Gasteiger partial charge in [0.1, 0.15) is 11.5 Å². The van der Waals surface area contributed by atoms with Gasteiger partial charge in [-0.25, -0.2) is 0 Å². The van der Waals surface area contributed by atoms with E-state index in [1.54, 1.807) is 14.2 Å². The van der Waals surface area contributed by atoms with Crippen LogP contribution in [0.2, 0.25) is 5.02 Å². The summed E-state index contributed by atoms with van der Waals surface area (Å²) in [5, 5.41) is 5.12. The second kappa shape index (κ2) is 6.34. The second-order valence-electron chi connectivity index (χ2n) is 5.10. The molecule has 3 rings (SSSR count). The molecule has 0 spiro atoms. The van der Waals surface area contributed by atoms with Crippen LogP contribution < -0.4 is 9.47 Å². The van der Waals surface area contributed by atoms with Crippen molar-refractivity contribution in [3.63, 3.8) is 0 Å². The highest BCUT2D eigenvalue weighted by Gasteiger charge is 2.17. The van der Waals surface area contributed by atoms with Gasteiger partial charge >= 0.3 is 0 Å². The van der Waals surface area contributed by atoms with Gasteiger partial charge in [0.2, 0.25) is 0 Å². The highest BCUT2D eigenvalue weighted by atomic mass is 35.5. The smallest absolute Gasteiger partial charge is 0.131 e. The zero-order chi connectivity index (χ0) is 16.4. The Morgan fingerprint density at radius 1 is 0.957 bits per heavy atom. The molecule has 0 radical (unpaired) electrons. The number of aryl methyl sites for hydroxylation is 1. The fraction of sp³-hybridized carbons (Fsp3) is 0.167. The van der Waals surface area contributed by atoms with Crippen molar-refractivity contribution in [3.05, 3.63) is 53.7 Å². The largest absolute Gasteiger partial charge is 0.497 e. The van der Waals surface area contributed by atoms with Crippen molar-refractivity contribution in [1.29, 1.82) is 0 Å². The number of nitrogens with zero attached hydrogens (tertiary/aromatic N) is 2. The summed E-state index contributed by atoms with van der Waals surface area (Å²) >= 11 is 5.99. The summed E-state index contributed by atoms with van der Waals surface area (Å²) in [7, 11) is 5.20. The van der Waals surface area contributed by atoms with E-state index in [0.29, 0.717) is 5.02 Å². The lowest BCUT2D eigenvalue weighted by Gasteiger charge is -2.13. The molecule has 0 atom stereocenters. The summed E-state index contributed by atoms with van der Waals surface area (Å²) in [6.45, 7) is 0. The van der Waals surface area contributed by atoms with Crippen LogP contribution >= 0.6 is 11.6 Å². The minimum atomic E-state index is 0.709. The average molecular weight is 329 g/mol. The van der Waals surface area contributed by atoms with Crippen molar-refractivity contribution < 1.29 is 9.47 Å². The topological polar surface area (TPSA) is 36.3 Å². The molecule has 5 heteroatoms. The first kappa shape index (κ1) is 15.4. The van der Waals surface area contributed by atoms with Crippen LogP contribution in [0.25, 0.3) is 22.4 Å². The fourth-order valence-electron chi connectivity index (χ4n) is 2.59. The van der Waals surface area contributed by atoms with Gasteiger partial charge in [-0.1, -0.05) is 23.7 Å². The van der Waals surface area contributed by atoms with Gasteiger partial charge in [-0.15, -0.1) is 0 Å². The van der Waals surface area contributed by atoms with Gasteiger partial charge in [0, 0.05) is 29.3 Å². The van der Waals surface area contributed by atoms with E-state index >= 15 is 0 Å². The minimum Gasteiger partial charge on any atom is -0.497 e. The Balaban J connectivity index is 2.17. The number of hydrogen-bond acceptors (Lipinski definition) is 3. The van der Waals surface area contributed by atoms with Crippen molar-refractivity contribution in [2.45, 2.75) is 0 Å². The summed E-state index contributed by atoms with van der Waals surface area (Å²) in [4.78, 5) is 0. The van der Waals surface area contributed by atoms with E-state index in [9.17, 15) is 0 Å². The van der Waals surface area contributed by atoms with E-state index in [4.69, 9.17) is 21.1 Å². The van der Waals surface area contributed by atoms with E-state index in [0.717, 1.165) is 33.9 Å². The highest BCUT2D eigenvalue weighted by Crippen LogP contribution is 2.38. The van der Waals surface area contributed by atoms with E-state index in [-0.39, 0.29) is 0 Å². The van der Waals surface area contributed by atoms with Gasteiger partial charge in [0.25, 0.3) is 0 Å². The molecule has 3 aromatic rings. The molecule has 2 aromatic carbocycles. The van der Waals surface area contributed by atoms with Crippen LogP contribution in [-0.4, -0.2) is 24.0 Å². The lowest BCUT2D eigenvalue weighted by Crippen LogP contribution is -1.97. The molecule has 0 aliphatic carbocycles. The molecular formula is C18H17ClN2O2. The number of methoxy groups -OCH3 is 2. The third-order valence-electron chi connectivity index (χ3n) is 3.76. The SMILES string of the molecule is COc1ccc(-c2c(-c3ccc(Cl)cc3)cnn2C)c(OC)c1. The predicted molar refractivity (Wildman–Crippen MR) is 92.2 cm³/mol. The minimum absolute atomic E-state index is 0.709. The molecule has 4 nitrogen and oxygen atoms in total. The number of rotatable bonds is 4. The third-order valence-corrected chi connectivity index (χ3v) is 4.01. The van der Waals surface area contributed by atoms with Gasteiger partial charge in [0.15, 0.2) is 0 Å². The Hall–Kier alpha value is -2.46. The van der Waals surface area contributed by atoms with Crippen LogP contribution in [0.4, 0.5) is 0 Å². The predicted octanol–water partition coefficient (Wildman–Crippen LogP) is 4.42. The van der Waals surface area contributed by atoms with Crippen LogP contribution in [0, 0.1) is 0 Å². The van der Waals surface area contributed by atoms with E-state index < -0.39 is 0 Å². The Morgan fingerprint density at radius 3 is 2.35 bits per heavy atom. The van der Waals surface area contributed by atoms with Crippen molar-refractivity contribution in [3.8, 4) is 33.9 Å². The molecule has 0 saturated heterocycles. The van der Waals surface area contributed by atoms with E-state index in [2.05, 4.69) is 5.10 Å². The Morgan fingerprint density at radius 2 is 1.70 bits per heavy atom. The lowest BCUT2D eigenvalue weighted by molar-refractivity contribution is 0.395. The maximum Gasteiger partial charge on any atom is 0.131 e. The average Bonchev–Trinajstić information content (AvgIpc) is 2.96. The maximum atomic E-state index is 5.99. The van der Waals surface area contributed by atoms with Crippen LogP contribution in [0.1, 0.15) is 0 Å². The van der Waals surface area contributed by atoms with Crippen molar-refractivity contribution in [1.82, 2.24) is 9.78 Å². The Kier molecular flexibility index (Phi) is 4.26. The van der Waals surface area contributed by atoms with E-state index in [1.807, 2.05) is 60.4 Å². The zero-order valence-corrected chi connectivity index (χ0v) is 14.0. The highest BCUT2D eigenvalue weighted by molar-refractivity contribution is 6.30. The fourth-order valence-corrected chi connectivity index (χ4v) is 2.72. The summed E-state index contributed by atoms with van der Waals surface area (Å²) in [6.07, 6.45) is 1.85. The Labute approximate surface area is 140 Å². The van der Waals surface area contributed by atoms with Gasteiger partial charge in [-0.3, -0.25) is 4.68 Å². The molecule has 1 aromatic heterocycles. The van der Waals surface area contributed by atoms with Crippen LogP contribution in [0.3, 0.4) is 0 Å². The van der Waals surface area contributed by atoms with Crippen molar-refractivity contribution >= 4 is 11.6 Å². The molecule has 0 fully saturated rings. The van der Waals surface area contributed by atoms with Gasteiger partial charge in [0.05, 0.1) is 26.1 Å². The number of ether oxygens (including phenoxy) is 2. The molecule has 0 amide bonds. The van der Waals surface area contributed by atoms with Crippen LogP contribution in [-0.2, 0) is 7.05 Å². The number of halogens is 1. The molecule has 118 valence electrons. The molecule has 0 aliphatic heterocycles. The normalized spacial score (nSPS) is 10.6. The first-order valence-electron chi connectivity index (χ1n) is 7.14. The van der Waals surface area contributed by atoms with Crippen LogP contribution in [0.15, 0.2) is 48.7 Å². The van der Waals surface area contributed by atoms with Crippen molar-refractivity contribution in [2.24, 2.45) is 7.05 Å². The summed E-state index contributed by atoms with van der Waals surface area (Å²) < 4.78 is 12.6. The summed E-state index contributed by atoms with van der Waals surface area (Å²) in [5.41, 5.74) is 4.01. The van der Waals surface area contributed by atoms with Crippen LogP contribution in [0.5, 0.6) is 11.5 Å². The molecule has 0 aliphatic rings. The van der Waals surface area contributed by atoms with Crippen molar-refractivity contribution in [2.75, 3.05) is 14.2 Å². The Bertz CT molecular complexity index is 826. The summed E-state index contributed by atoms with van der Waals surface area (Å²) in [5.74, 6) is 1.49. The van der Waals surface area contributed by atoms with Gasteiger partial charge < -0.3 is 9.47 Å². The van der Waals surface area contributed by atoms with E-state index in [1.165, 1.54) is 0 Å². The third kappa shape index (κ3) is 2.90. The molecule has 23 heavy (non-hydrogen) atoms. The van der Waals surface area contributed by atoms with Gasteiger partial charge in [-0.2, -0.15) is 5.10 Å². The number of aromatic nitrogens is 2. The first-order chi connectivity index (χ1) is 11.1.